The number of nitrogens with two attached hydrogens (primary N) is 1. The second-order valence-corrected chi connectivity index (χ2v) is 2.90. The standard InChI is InChI=1S/C8H6F6N2/c9-7(10,11)4-1-2-6(16-15)5(3-4)8(12,13)14/h1-3,16H,15H2. The molecule has 0 saturated heterocycles. The lowest BCUT2D eigenvalue weighted by Gasteiger charge is -2.15. The van der Waals surface area contributed by atoms with Crippen LogP contribution in [-0.4, -0.2) is 0 Å². The van der Waals surface area contributed by atoms with Crippen LogP contribution in [0.2, 0.25) is 0 Å². The number of anilines is 1. The number of nitrogen functional groups attached to an aromatic ring is 1. The van der Waals surface area contributed by atoms with Crippen LogP contribution in [0.4, 0.5) is 32.0 Å². The highest BCUT2D eigenvalue weighted by Crippen LogP contribution is 2.38. The van der Waals surface area contributed by atoms with E-state index in [2.05, 4.69) is 0 Å². The predicted octanol–water partition coefficient (Wildman–Crippen LogP) is 3.01. The molecule has 0 atom stereocenters. The molecule has 0 saturated carbocycles. The van der Waals surface area contributed by atoms with Crippen LogP contribution in [0.15, 0.2) is 18.2 Å². The molecule has 0 fully saturated rings. The molecule has 0 bridgehead atoms. The normalized spacial score (nSPS) is 12.7. The summed E-state index contributed by atoms with van der Waals surface area (Å²) in [5, 5.41) is 0. The van der Waals surface area contributed by atoms with Gasteiger partial charge in [-0.1, -0.05) is 0 Å². The fraction of sp³-hybridized carbons (Fsp3) is 0.250. The van der Waals surface area contributed by atoms with E-state index in [1.165, 1.54) is 0 Å². The van der Waals surface area contributed by atoms with Crippen molar-refractivity contribution in [2.45, 2.75) is 12.4 Å². The fourth-order valence-corrected chi connectivity index (χ4v) is 1.08. The topological polar surface area (TPSA) is 38.0 Å². The van der Waals surface area contributed by atoms with Crippen molar-refractivity contribution in [2.75, 3.05) is 5.43 Å². The van der Waals surface area contributed by atoms with Crippen LogP contribution < -0.4 is 11.3 Å². The second kappa shape index (κ2) is 3.85. The molecule has 0 aliphatic heterocycles. The van der Waals surface area contributed by atoms with Gasteiger partial charge in [-0.2, -0.15) is 26.3 Å². The molecule has 3 N–H and O–H groups in total. The van der Waals surface area contributed by atoms with Gasteiger partial charge < -0.3 is 5.43 Å². The summed E-state index contributed by atoms with van der Waals surface area (Å²) in [6.07, 6.45) is -9.73. The molecule has 2 nitrogen and oxygen atoms in total. The maximum atomic E-state index is 12.3. The van der Waals surface area contributed by atoms with E-state index in [1.807, 2.05) is 0 Å². The molecule has 0 spiro atoms. The third kappa shape index (κ3) is 2.57. The van der Waals surface area contributed by atoms with Gasteiger partial charge in [0, 0.05) is 0 Å². The lowest BCUT2D eigenvalue weighted by atomic mass is 10.1. The Bertz CT molecular complexity index is 381. The van der Waals surface area contributed by atoms with Gasteiger partial charge in [0.1, 0.15) is 0 Å². The van der Waals surface area contributed by atoms with Crippen LogP contribution in [0.25, 0.3) is 0 Å². The van der Waals surface area contributed by atoms with E-state index in [-0.39, 0.29) is 6.07 Å². The quantitative estimate of drug-likeness (QED) is 0.452. The predicted molar refractivity (Wildman–Crippen MR) is 44.3 cm³/mol. The fourth-order valence-electron chi connectivity index (χ4n) is 1.08. The summed E-state index contributed by atoms with van der Waals surface area (Å²) in [5.41, 5.74) is -1.75. The molecule has 0 amide bonds. The molecule has 0 aliphatic rings. The summed E-state index contributed by atoms with van der Waals surface area (Å²) in [7, 11) is 0. The number of benzene rings is 1. The van der Waals surface area contributed by atoms with Crippen molar-refractivity contribution in [3.63, 3.8) is 0 Å². The monoisotopic (exact) mass is 244 g/mol. The first kappa shape index (κ1) is 12.6. The van der Waals surface area contributed by atoms with Crippen molar-refractivity contribution in [2.24, 2.45) is 5.84 Å². The van der Waals surface area contributed by atoms with E-state index in [1.54, 1.807) is 5.43 Å². The first-order chi connectivity index (χ1) is 7.16. The Labute approximate surface area is 86.0 Å². The van der Waals surface area contributed by atoms with Gasteiger partial charge in [0.25, 0.3) is 0 Å². The number of nitrogens with one attached hydrogen (secondary N) is 1. The number of hydrazine groups is 1. The van der Waals surface area contributed by atoms with E-state index in [9.17, 15) is 26.3 Å². The summed E-state index contributed by atoms with van der Waals surface area (Å²) in [6.45, 7) is 0. The van der Waals surface area contributed by atoms with Crippen LogP contribution in [0.5, 0.6) is 0 Å². The highest BCUT2D eigenvalue weighted by molar-refractivity contribution is 5.53. The van der Waals surface area contributed by atoms with Gasteiger partial charge in [0.2, 0.25) is 0 Å². The third-order valence-electron chi connectivity index (χ3n) is 1.81. The second-order valence-electron chi connectivity index (χ2n) is 2.90. The molecule has 0 radical (unpaired) electrons. The van der Waals surface area contributed by atoms with Gasteiger partial charge in [0.15, 0.2) is 0 Å². The maximum absolute atomic E-state index is 12.3. The van der Waals surface area contributed by atoms with E-state index >= 15 is 0 Å². The molecule has 0 aliphatic carbocycles. The first-order valence-electron chi connectivity index (χ1n) is 3.91. The summed E-state index contributed by atoms with van der Waals surface area (Å²) in [6, 6.07) is 1.16. The van der Waals surface area contributed by atoms with Crippen LogP contribution in [0.1, 0.15) is 11.1 Å². The molecule has 1 aromatic carbocycles. The van der Waals surface area contributed by atoms with Gasteiger partial charge in [-0.15, -0.1) is 0 Å². The first-order valence-corrected chi connectivity index (χ1v) is 3.91. The average molecular weight is 244 g/mol. The van der Waals surface area contributed by atoms with E-state index in [0.29, 0.717) is 12.1 Å². The Hall–Kier alpha value is -1.44. The Balaban J connectivity index is 3.34. The van der Waals surface area contributed by atoms with Gasteiger partial charge in [0.05, 0.1) is 16.8 Å². The van der Waals surface area contributed by atoms with Gasteiger partial charge >= 0.3 is 12.4 Å². The minimum absolute atomic E-state index is 0.00912. The summed E-state index contributed by atoms with van der Waals surface area (Å²) < 4.78 is 73.5. The summed E-state index contributed by atoms with van der Waals surface area (Å²) in [4.78, 5) is 0. The Kier molecular flexibility index (Phi) is 3.04. The number of halogens is 6. The molecule has 1 rings (SSSR count). The molecule has 0 unspecified atom stereocenters. The van der Waals surface area contributed by atoms with Gasteiger partial charge in [-0.05, 0) is 18.2 Å². The van der Waals surface area contributed by atoms with Crippen molar-refractivity contribution in [1.82, 2.24) is 0 Å². The Morgan fingerprint density at radius 2 is 1.50 bits per heavy atom. The largest absolute Gasteiger partial charge is 0.418 e. The SMILES string of the molecule is NNc1ccc(C(F)(F)F)cc1C(F)(F)F. The van der Waals surface area contributed by atoms with Crippen LogP contribution in [0.3, 0.4) is 0 Å². The molecule has 90 valence electrons. The smallest absolute Gasteiger partial charge is 0.324 e. The van der Waals surface area contributed by atoms with Gasteiger partial charge in [-0.3, -0.25) is 5.84 Å². The van der Waals surface area contributed by atoms with Crippen molar-refractivity contribution < 1.29 is 26.3 Å². The van der Waals surface area contributed by atoms with Crippen molar-refractivity contribution in [1.29, 1.82) is 0 Å². The molecule has 1 aromatic rings. The molecule has 8 heteroatoms. The number of alkyl halides is 6. The van der Waals surface area contributed by atoms with Crippen LogP contribution >= 0.6 is 0 Å². The minimum Gasteiger partial charge on any atom is -0.324 e. The van der Waals surface area contributed by atoms with E-state index < -0.39 is 29.2 Å². The van der Waals surface area contributed by atoms with Gasteiger partial charge in [-0.25, -0.2) is 0 Å². The Morgan fingerprint density at radius 3 is 1.88 bits per heavy atom. The van der Waals surface area contributed by atoms with E-state index in [4.69, 9.17) is 5.84 Å². The maximum Gasteiger partial charge on any atom is 0.418 e. The third-order valence-corrected chi connectivity index (χ3v) is 1.81. The lowest BCUT2D eigenvalue weighted by Crippen LogP contribution is -2.16. The average Bonchev–Trinajstić information content (AvgIpc) is 2.14. The molecular weight excluding hydrogens is 238 g/mol. The van der Waals surface area contributed by atoms with Crippen LogP contribution in [0, 0.1) is 0 Å². The van der Waals surface area contributed by atoms with E-state index in [0.717, 1.165) is 0 Å². The Morgan fingerprint density at radius 1 is 0.938 bits per heavy atom. The zero-order valence-electron chi connectivity index (χ0n) is 7.58. The summed E-state index contributed by atoms with van der Waals surface area (Å²) >= 11 is 0. The zero-order chi connectivity index (χ0) is 12.6. The zero-order valence-corrected chi connectivity index (χ0v) is 7.58. The number of hydrogen-bond donors (Lipinski definition) is 2. The minimum atomic E-state index is -4.90. The molecule has 0 heterocycles. The van der Waals surface area contributed by atoms with Crippen molar-refractivity contribution in [3.05, 3.63) is 29.3 Å². The van der Waals surface area contributed by atoms with Crippen molar-refractivity contribution in [3.8, 4) is 0 Å². The highest BCUT2D eigenvalue weighted by Gasteiger charge is 2.38. The van der Waals surface area contributed by atoms with Crippen molar-refractivity contribution >= 4 is 5.69 Å². The number of rotatable bonds is 1. The molecule has 0 aromatic heterocycles. The lowest BCUT2D eigenvalue weighted by molar-refractivity contribution is -0.142. The number of hydrogen-bond acceptors (Lipinski definition) is 2. The highest BCUT2D eigenvalue weighted by atomic mass is 19.4. The van der Waals surface area contributed by atoms with Crippen LogP contribution in [-0.2, 0) is 12.4 Å². The summed E-state index contributed by atoms with van der Waals surface area (Å²) in [5.74, 6) is 4.78. The molecular formula is C8H6F6N2. The molecule has 16 heavy (non-hydrogen) atoms.